The van der Waals surface area contributed by atoms with Crippen molar-refractivity contribution in [2.45, 2.75) is 19.0 Å². The first-order valence-electron chi connectivity index (χ1n) is 6.22. The Kier molecular flexibility index (Phi) is 3.59. The number of benzene rings is 1. The monoisotopic (exact) mass is 269 g/mol. The highest BCUT2D eigenvalue weighted by atomic mass is 35.5. The average Bonchev–Trinajstić information content (AvgIpc) is 2.90. The molecule has 1 aromatic rings. The van der Waals surface area contributed by atoms with Gasteiger partial charge in [0.1, 0.15) is 13.2 Å². The lowest BCUT2D eigenvalue weighted by Crippen LogP contribution is -2.28. The molecule has 0 spiro atoms. The number of ether oxygens (including phenoxy) is 3. The van der Waals surface area contributed by atoms with E-state index in [1.54, 1.807) is 0 Å². The van der Waals surface area contributed by atoms with Crippen LogP contribution in [-0.2, 0) is 11.3 Å². The normalized spacial score (nSPS) is 22.2. The van der Waals surface area contributed by atoms with E-state index in [1.165, 1.54) is 0 Å². The fourth-order valence-electron chi connectivity index (χ4n) is 2.22. The Labute approximate surface area is 111 Å². The Hall–Kier alpha value is -0.970. The SMILES string of the molecule is Clc1cc(CNC2CCOC2)cc2c1OCCO2. The second-order valence-electron chi connectivity index (χ2n) is 4.54. The van der Waals surface area contributed by atoms with Crippen molar-refractivity contribution in [2.24, 2.45) is 0 Å². The van der Waals surface area contributed by atoms with E-state index < -0.39 is 0 Å². The molecule has 1 atom stereocenters. The maximum absolute atomic E-state index is 6.19. The molecule has 2 aliphatic heterocycles. The van der Waals surface area contributed by atoms with Gasteiger partial charge in [0, 0.05) is 19.2 Å². The van der Waals surface area contributed by atoms with Gasteiger partial charge in [-0.3, -0.25) is 0 Å². The van der Waals surface area contributed by atoms with E-state index >= 15 is 0 Å². The van der Waals surface area contributed by atoms with Crippen LogP contribution < -0.4 is 14.8 Å². The van der Waals surface area contributed by atoms with Crippen molar-refractivity contribution in [1.29, 1.82) is 0 Å². The number of hydrogen-bond donors (Lipinski definition) is 1. The molecule has 3 rings (SSSR count). The van der Waals surface area contributed by atoms with E-state index in [-0.39, 0.29) is 0 Å². The summed E-state index contributed by atoms with van der Waals surface area (Å²) in [6.45, 7) is 3.54. The topological polar surface area (TPSA) is 39.7 Å². The van der Waals surface area contributed by atoms with Crippen LogP contribution in [0.1, 0.15) is 12.0 Å². The van der Waals surface area contributed by atoms with Crippen LogP contribution in [0.5, 0.6) is 11.5 Å². The number of nitrogens with one attached hydrogen (secondary N) is 1. The van der Waals surface area contributed by atoms with Crippen molar-refractivity contribution >= 4 is 11.6 Å². The van der Waals surface area contributed by atoms with Crippen LogP contribution in [-0.4, -0.2) is 32.5 Å². The predicted molar refractivity (Wildman–Crippen MR) is 68.5 cm³/mol. The van der Waals surface area contributed by atoms with Gasteiger partial charge in [0.15, 0.2) is 11.5 Å². The summed E-state index contributed by atoms with van der Waals surface area (Å²) < 4.78 is 16.4. The summed E-state index contributed by atoms with van der Waals surface area (Å²) in [6.07, 6.45) is 1.07. The van der Waals surface area contributed by atoms with Gasteiger partial charge >= 0.3 is 0 Å². The molecule has 0 saturated carbocycles. The van der Waals surface area contributed by atoms with Crippen LogP contribution in [0, 0.1) is 0 Å². The molecule has 0 aliphatic carbocycles. The van der Waals surface area contributed by atoms with Gasteiger partial charge in [-0.25, -0.2) is 0 Å². The van der Waals surface area contributed by atoms with E-state index in [4.69, 9.17) is 25.8 Å². The van der Waals surface area contributed by atoms with Crippen LogP contribution >= 0.6 is 11.6 Å². The quantitative estimate of drug-likeness (QED) is 0.911. The Bertz CT molecular complexity index is 432. The van der Waals surface area contributed by atoms with Crippen molar-refractivity contribution in [2.75, 3.05) is 26.4 Å². The third-order valence-corrected chi connectivity index (χ3v) is 3.46. The first-order chi connectivity index (χ1) is 8.83. The van der Waals surface area contributed by atoms with Crippen LogP contribution in [0.4, 0.5) is 0 Å². The minimum atomic E-state index is 0.442. The highest BCUT2D eigenvalue weighted by molar-refractivity contribution is 6.32. The molecule has 1 unspecified atom stereocenters. The molecule has 4 nitrogen and oxygen atoms in total. The average molecular weight is 270 g/mol. The zero-order valence-electron chi connectivity index (χ0n) is 10.1. The molecule has 0 amide bonds. The molecule has 2 aliphatic rings. The van der Waals surface area contributed by atoms with Crippen molar-refractivity contribution in [3.05, 3.63) is 22.7 Å². The van der Waals surface area contributed by atoms with Gasteiger partial charge in [-0.2, -0.15) is 0 Å². The van der Waals surface area contributed by atoms with Gasteiger partial charge < -0.3 is 19.5 Å². The number of halogens is 1. The smallest absolute Gasteiger partial charge is 0.179 e. The summed E-state index contributed by atoms with van der Waals surface area (Å²) in [5.41, 5.74) is 1.11. The Morgan fingerprint density at radius 1 is 1.22 bits per heavy atom. The van der Waals surface area contributed by atoms with Gasteiger partial charge in [-0.05, 0) is 24.1 Å². The minimum Gasteiger partial charge on any atom is -0.486 e. The third-order valence-electron chi connectivity index (χ3n) is 3.18. The van der Waals surface area contributed by atoms with E-state index in [9.17, 15) is 0 Å². The van der Waals surface area contributed by atoms with Gasteiger partial charge in [-0.15, -0.1) is 0 Å². The van der Waals surface area contributed by atoms with Crippen LogP contribution in [0.25, 0.3) is 0 Å². The van der Waals surface area contributed by atoms with E-state index in [2.05, 4.69) is 5.32 Å². The summed E-state index contributed by atoms with van der Waals surface area (Å²) in [6, 6.07) is 4.36. The molecule has 1 fully saturated rings. The molecule has 2 heterocycles. The Morgan fingerprint density at radius 3 is 2.94 bits per heavy atom. The predicted octanol–water partition coefficient (Wildman–Crippen LogP) is 1.99. The molecule has 5 heteroatoms. The molecular formula is C13H16ClNO3. The van der Waals surface area contributed by atoms with Crippen LogP contribution in [0.15, 0.2) is 12.1 Å². The molecule has 1 aromatic carbocycles. The molecule has 98 valence electrons. The summed E-state index contributed by atoms with van der Waals surface area (Å²) >= 11 is 6.19. The second kappa shape index (κ2) is 5.34. The van der Waals surface area contributed by atoms with Gasteiger partial charge in [-0.1, -0.05) is 11.6 Å². The molecule has 0 radical (unpaired) electrons. The lowest BCUT2D eigenvalue weighted by Gasteiger charge is -2.20. The van der Waals surface area contributed by atoms with Crippen molar-refractivity contribution in [1.82, 2.24) is 5.32 Å². The summed E-state index contributed by atoms with van der Waals surface area (Å²) in [4.78, 5) is 0. The Balaban J connectivity index is 1.70. The fourth-order valence-corrected chi connectivity index (χ4v) is 2.51. The maximum Gasteiger partial charge on any atom is 0.179 e. The molecule has 0 aromatic heterocycles. The van der Waals surface area contributed by atoms with Crippen molar-refractivity contribution < 1.29 is 14.2 Å². The molecule has 18 heavy (non-hydrogen) atoms. The van der Waals surface area contributed by atoms with E-state index in [1.807, 2.05) is 12.1 Å². The highest BCUT2D eigenvalue weighted by Crippen LogP contribution is 2.38. The second-order valence-corrected chi connectivity index (χ2v) is 4.95. The standard InChI is InChI=1S/C13H16ClNO3/c14-11-5-9(7-15-10-1-2-16-8-10)6-12-13(11)18-4-3-17-12/h5-6,10,15H,1-4,7-8H2. The van der Waals surface area contributed by atoms with E-state index in [0.29, 0.717) is 30.0 Å². The van der Waals surface area contributed by atoms with Crippen molar-refractivity contribution in [3.8, 4) is 11.5 Å². The first-order valence-corrected chi connectivity index (χ1v) is 6.60. The van der Waals surface area contributed by atoms with Gasteiger partial charge in [0.25, 0.3) is 0 Å². The number of fused-ring (bicyclic) bond motifs is 1. The zero-order valence-corrected chi connectivity index (χ0v) is 10.8. The Morgan fingerprint density at radius 2 is 2.11 bits per heavy atom. The largest absolute Gasteiger partial charge is 0.486 e. The third kappa shape index (κ3) is 2.55. The molecule has 0 bridgehead atoms. The lowest BCUT2D eigenvalue weighted by atomic mass is 10.1. The molecule has 1 N–H and O–H groups in total. The van der Waals surface area contributed by atoms with Crippen LogP contribution in [0.2, 0.25) is 5.02 Å². The number of hydrogen-bond acceptors (Lipinski definition) is 4. The fraction of sp³-hybridized carbons (Fsp3) is 0.538. The minimum absolute atomic E-state index is 0.442. The summed E-state index contributed by atoms with van der Waals surface area (Å²) in [7, 11) is 0. The zero-order chi connectivity index (χ0) is 12.4. The van der Waals surface area contributed by atoms with Crippen LogP contribution in [0.3, 0.4) is 0 Å². The first kappa shape index (κ1) is 12.1. The van der Waals surface area contributed by atoms with Crippen molar-refractivity contribution in [3.63, 3.8) is 0 Å². The molecular weight excluding hydrogens is 254 g/mol. The lowest BCUT2D eigenvalue weighted by molar-refractivity contribution is 0.171. The van der Waals surface area contributed by atoms with E-state index in [0.717, 1.165) is 37.5 Å². The van der Waals surface area contributed by atoms with Gasteiger partial charge in [0.05, 0.1) is 11.6 Å². The maximum atomic E-state index is 6.19. The summed E-state index contributed by atoms with van der Waals surface area (Å²) in [5, 5.41) is 4.07. The highest BCUT2D eigenvalue weighted by Gasteiger charge is 2.18. The van der Waals surface area contributed by atoms with Gasteiger partial charge in [0.2, 0.25) is 0 Å². The number of rotatable bonds is 3. The molecule has 1 saturated heterocycles. The summed E-state index contributed by atoms with van der Waals surface area (Å²) in [5.74, 6) is 1.41.